The van der Waals surface area contributed by atoms with Crippen LogP contribution in [0.15, 0.2) is 76.5 Å². The van der Waals surface area contributed by atoms with Crippen LogP contribution in [0.25, 0.3) is 0 Å². The first-order valence-corrected chi connectivity index (χ1v) is 11.8. The molecule has 2 aliphatic rings. The zero-order valence-electron chi connectivity index (χ0n) is 17.7. The monoisotopic (exact) mass is 465 g/mol. The molecule has 164 valence electrons. The van der Waals surface area contributed by atoms with E-state index in [0.29, 0.717) is 18.7 Å². The third kappa shape index (κ3) is 4.06. The van der Waals surface area contributed by atoms with Gasteiger partial charge in [-0.05, 0) is 49.4 Å². The third-order valence-corrected chi connectivity index (χ3v) is 7.36. The lowest BCUT2D eigenvalue weighted by Gasteiger charge is -2.36. The molecule has 0 bridgehead atoms. The molecule has 0 aliphatic carbocycles. The highest BCUT2D eigenvalue weighted by atomic mass is 35.5. The minimum Gasteiger partial charge on any atom is -0.368 e. The number of piperazine rings is 1. The van der Waals surface area contributed by atoms with Gasteiger partial charge in [0.15, 0.2) is 5.72 Å². The largest absolute Gasteiger partial charge is 0.368 e. The van der Waals surface area contributed by atoms with Crippen LogP contribution in [0.5, 0.6) is 0 Å². The molecule has 2 heterocycles. The molecule has 1 amide bonds. The van der Waals surface area contributed by atoms with Crippen molar-refractivity contribution in [3.63, 3.8) is 0 Å². The van der Waals surface area contributed by atoms with Crippen molar-refractivity contribution in [2.45, 2.75) is 22.4 Å². The molecule has 1 fully saturated rings. The fourth-order valence-corrected chi connectivity index (χ4v) is 5.58. The molecule has 7 heteroatoms. The number of fused-ring (bicyclic) bond motifs is 2. The second-order valence-electron chi connectivity index (χ2n) is 8.27. The highest BCUT2D eigenvalue weighted by Gasteiger charge is 2.31. The lowest BCUT2D eigenvalue weighted by molar-refractivity contribution is 0.0745. The van der Waals surface area contributed by atoms with Crippen LogP contribution < -0.4 is 10.2 Å². The van der Waals surface area contributed by atoms with Crippen LogP contribution in [0.2, 0.25) is 5.02 Å². The fourth-order valence-electron chi connectivity index (χ4n) is 4.28. The number of benzene rings is 3. The molecule has 3 aromatic carbocycles. The van der Waals surface area contributed by atoms with Crippen molar-refractivity contribution in [1.29, 1.82) is 0 Å². The van der Waals surface area contributed by atoms with Crippen LogP contribution in [0, 0.1) is 0 Å². The quantitative estimate of drug-likeness (QED) is 0.555. The van der Waals surface area contributed by atoms with E-state index in [1.165, 1.54) is 0 Å². The second-order valence-corrected chi connectivity index (χ2v) is 9.79. The van der Waals surface area contributed by atoms with Gasteiger partial charge in [-0.25, -0.2) is 0 Å². The molecule has 1 atom stereocenters. The number of amides is 1. The summed E-state index contributed by atoms with van der Waals surface area (Å²) in [7, 11) is 0. The maximum absolute atomic E-state index is 13.2. The maximum Gasteiger partial charge on any atom is 0.254 e. The smallest absolute Gasteiger partial charge is 0.254 e. The molecule has 3 aromatic rings. The first-order chi connectivity index (χ1) is 15.4. The van der Waals surface area contributed by atoms with Crippen molar-refractivity contribution in [3.05, 3.63) is 82.9 Å². The standard InChI is InChI=1S/C25H24ClN3O2S/c1-25(31)20-7-2-3-8-22(20)32-23-10-9-17(15-21(23)27-25)24(30)29-13-11-28(12-14-29)19-6-4-5-18(26)16-19/h2-10,15-16,27,31H,11-14H2,1H3. The van der Waals surface area contributed by atoms with Crippen molar-refractivity contribution >= 4 is 40.6 Å². The number of hydrogen-bond donors (Lipinski definition) is 2. The Morgan fingerprint density at radius 2 is 1.78 bits per heavy atom. The van der Waals surface area contributed by atoms with E-state index in [2.05, 4.69) is 10.2 Å². The van der Waals surface area contributed by atoms with Gasteiger partial charge >= 0.3 is 0 Å². The van der Waals surface area contributed by atoms with Crippen molar-refractivity contribution in [1.82, 2.24) is 4.90 Å². The third-order valence-electron chi connectivity index (χ3n) is 5.98. The van der Waals surface area contributed by atoms with Gasteiger partial charge < -0.3 is 20.2 Å². The number of carbonyl (C=O) groups excluding carboxylic acids is 1. The van der Waals surface area contributed by atoms with E-state index in [-0.39, 0.29) is 5.91 Å². The number of rotatable bonds is 2. The van der Waals surface area contributed by atoms with Gasteiger partial charge in [0.1, 0.15) is 0 Å². The predicted octanol–water partition coefficient (Wildman–Crippen LogP) is 5.04. The van der Waals surface area contributed by atoms with E-state index in [4.69, 9.17) is 11.6 Å². The molecular formula is C25H24ClN3O2S. The van der Waals surface area contributed by atoms with E-state index >= 15 is 0 Å². The number of aliphatic hydroxyl groups is 1. The summed E-state index contributed by atoms with van der Waals surface area (Å²) >= 11 is 7.72. The van der Waals surface area contributed by atoms with Gasteiger partial charge in [-0.15, -0.1) is 0 Å². The van der Waals surface area contributed by atoms with Gasteiger partial charge in [-0.1, -0.05) is 47.6 Å². The Labute approximate surface area is 197 Å². The zero-order valence-corrected chi connectivity index (χ0v) is 19.3. The highest BCUT2D eigenvalue weighted by molar-refractivity contribution is 7.99. The average Bonchev–Trinajstić information content (AvgIpc) is 2.91. The van der Waals surface area contributed by atoms with Crippen LogP contribution in [-0.2, 0) is 5.72 Å². The Bertz CT molecular complexity index is 1180. The first kappa shape index (κ1) is 21.2. The normalized spacial score (nSPS) is 20.1. The van der Waals surface area contributed by atoms with Crippen molar-refractivity contribution in [2.75, 3.05) is 36.4 Å². The Morgan fingerprint density at radius 3 is 2.56 bits per heavy atom. The molecule has 2 N–H and O–H groups in total. The van der Waals surface area contributed by atoms with Crippen molar-refractivity contribution in [2.24, 2.45) is 0 Å². The number of carbonyl (C=O) groups is 1. The summed E-state index contributed by atoms with van der Waals surface area (Å²) in [5.41, 5.74) is 2.07. The molecular weight excluding hydrogens is 442 g/mol. The summed E-state index contributed by atoms with van der Waals surface area (Å²) < 4.78 is 0. The van der Waals surface area contributed by atoms with Gasteiger partial charge in [-0.3, -0.25) is 4.79 Å². The number of anilines is 2. The van der Waals surface area contributed by atoms with E-state index in [1.807, 2.05) is 71.6 Å². The average molecular weight is 466 g/mol. The van der Waals surface area contributed by atoms with E-state index < -0.39 is 5.72 Å². The van der Waals surface area contributed by atoms with Crippen LogP contribution in [0.1, 0.15) is 22.8 Å². The molecule has 0 radical (unpaired) electrons. The number of nitrogens with one attached hydrogen (secondary N) is 1. The summed E-state index contributed by atoms with van der Waals surface area (Å²) in [6.45, 7) is 4.55. The van der Waals surface area contributed by atoms with Crippen LogP contribution in [-0.4, -0.2) is 42.1 Å². The summed E-state index contributed by atoms with van der Waals surface area (Å²) in [6.07, 6.45) is 0. The molecule has 0 saturated carbocycles. The number of hydrogen-bond acceptors (Lipinski definition) is 5. The van der Waals surface area contributed by atoms with Gasteiger partial charge in [0.05, 0.1) is 5.69 Å². The van der Waals surface area contributed by atoms with Gasteiger partial charge in [-0.2, -0.15) is 0 Å². The SMILES string of the molecule is CC1(O)Nc2cc(C(=O)N3CCN(c4cccc(Cl)c4)CC3)ccc2Sc2ccccc21. The first-order valence-electron chi connectivity index (χ1n) is 10.6. The van der Waals surface area contributed by atoms with Crippen LogP contribution in [0.4, 0.5) is 11.4 Å². The number of nitrogens with zero attached hydrogens (tertiary/aromatic N) is 2. The zero-order chi connectivity index (χ0) is 22.3. The summed E-state index contributed by atoms with van der Waals surface area (Å²) in [5.74, 6) is 0.00625. The predicted molar refractivity (Wildman–Crippen MR) is 130 cm³/mol. The summed E-state index contributed by atoms with van der Waals surface area (Å²) in [4.78, 5) is 19.4. The van der Waals surface area contributed by atoms with Gasteiger partial charge in [0.2, 0.25) is 0 Å². The molecule has 5 rings (SSSR count). The maximum atomic E-state index is 13.2. The number of halogens is 1. The topological polar surface area (TPSA) is 55.8 Å². The van der Waals surface area contributed by atoms with Gasteiger partial charge in [0, 0.05) is 57.8 Å². The Hall–Kier alpha value is -2.67. The van der Waals surface area contributed by atoms with E-state index in [1.54, 1.807) is 18.7 Å². The highest BCUT2D eigenvalue weighted by Crippen LogP contribution is 2.44. The van der Waals surface area contributed by atoms with E-state index in [0.717, 1.165) is 44.8 Å². The molecule has 32 heavy (non-hydrogen) atoms. The minimum atomic E-state index is -1.22. The Kier molecular flexibility index (Phi) is 5.53. The van der Waals surface area contributed by atoms with Crippen LogP contribution in [0.3, 0.4) is 0 Å². The minimum absolute atomic E-state index is 0.00625. The Balaban J connectivity index is 1.33. The summed E-state index contributed by atoms with van der Waals surface area (Å²) in [6, 6.07) is 21.3. The van der Waals surface area contributed by atoms with Crippen molar-refractivity contribution in [3.8, 4) is 0 Å². The molecule has 1 unspecified atom stereocenters. The van der Waals surface area contributed by atoms with Crippen LogP contribution >= 0.6 is 23.4 Å². The van der Waals surface area contributed by atoms with Crippen molar-refractivity contribution < 1.29 is 9.90 Å². The lowest BCUT2D eigenvalue weighted by atomic mass is 10.0. The lowest BCUT2D eigenvalue weighted by Crippen LogP contribution is -2.48. The molecule has 0 spiro atoms. The molecule has 1 saturated heterocycles. The molecule has 0 aromatic heterocycles. The second kappa shape index (κ2) is 8.35. The fraction of sp³-hybridized carbons (Fsp3) is 0.240. The Morgan fingerprint density at radius 1 is 1.00 bits per heavy atom. The molecule has 5 nitrogen and oxygen atoms in total. The summed E-state index contributed by atoms with van der Waals surface area (Å²) in [5, 5.41) is 15.0. The molecule has 2 aliphatic heterocycles. The van der Waals surface area contributed by atoms with E-state index in [9.17, 15) is 9.90 Å². The van der Waals surface area contributed by atoms with Gasteiger partial charge in [0.25, 0.3) is 5.91 Å².